The lowest BCUT2D eigenvalue weighted by atomic mass is 10.1. The number of nitrogens with zero attached hydrogens (tertiary/aromatic N) is 2. The van der Waals surface area contributed by atoms with Gasteiger partial charge >= 0.3 is 5.97 Å². The van der Waals surface area contributed by atoms with Gasteiger partial charge in [-0.15, -0.1) is 0 Å². The van der Waals surface area contributed by atoms with Crippen LogP contribution in [0.1, 0.15) is 24.3 Å². The predicted octanol–water partition coefficient (Wildman–Crippen LogP) is 3.26. The fourth-order valence-electron chi connectivity index (χ4n) is 2.88. The van der Waals surface area contributed by atoms with Crippen LogP contribution in [0.2, 0.25) is 0 Å². The number of rotatable bonds is 2. The number of pyridine rings is 1. The van der Waals surface area contributed by atoms with Crippen molar-refractivity contribution in [2.75, 3.05) is 18.0 Å². The van der Waals surface area contributed by atoms with Crippen LogP contribution in [0, 0.1) is 0 Å². The first kappa shape index (κ1) is 14.2. The highest BCUT2D eigenvalue weighted by Gasteiger charge is 2.25. The van der Waals surface area contributed by atoms with E-state index in [1.807, 2.05) is 36.0 Å². The number of aromatic carboxylic acids is 1. The zero-order valence-electron chi connectivity index (χ0n) is 12.1. The zero-order chi connectivity index (χ0) is 15.0. The molecule has 1 aliphatic rings. The van der Waals surface area contributed by atoms with E-state index >= 15 is 0 Å². The van der Waals surface area contributed by atoms with Crippen molar-refractivity contribution in [3.8, 4) is 0 Å². The smallest absolute Gasteiger partial charge is 0.354 e. The van der Waals surface area contributed by atoms with Gasteiger partial charge < -0.3 is 10.0 Å². The van der Waals surface area contributed by atoms with Gasteiger partial charge in [0.2, 0.25) is 0 Å². The number of carbonyl (C=O) groups is 1. The first-order valence-corrected chi connectivity index (χ1v) is 8.02. The van der Waals surface area contributed by atoms with Crippen LogP contribution in [0.15, 0.2) is 30.3 Å². The third kappa shape index (κ3) is 2.83. The Balaban J connectivity index is 2.13. The van der Waals surface area contributed by atoms with Gasteiger partial charge in [0.15, 0.2) is 5.69 Å². The van der Waals surface area contributed by atoms with Crippen LogP contribution in [0.3, 0.4) is 0 Å². The van der Waals surface area contributed by atoms with E-state index in [9.17, 15) is 9.90 Å². The molecule has 2 atom stereocenters. The van der Waals surface area contributed by atoms with Crippen LogP contribution in [-0.4, -0.2) is 39.6 Å². The number of carboxylic acid groups (broad SMARTS) is 1. The van der Waals surface area contributed by atoms with Crippen LogP contribution in [0.4, 0.5) is 5.82 Å². The number of carboxylic acids is 1. The fourth-order valence-corrected chi connectivity index (χ4v) is 4.21. The van der Waals surface area contributed by atoms with Gasteiger partial charge in [0, 0.05) is 29.0 Å². The summed E-state index contributed by atoms with van der Waals surface area (Å²) in [7, 11) is 0. The van der Waals surface area contributed by atoms with Gasteiger partial charge in [-0.1, -0.05) is 38.1 Å². The highest BCUT2D eigenvalue weighted by molar-refractivity contribution is 8.00. The summed E-state index contributed by atoms with van der Waals surface area (Å²) in [5.41, 5.74) is 0.113. The minimum Gasteiger partial charge on any atom is -0.477 e. The summed E-state index contributed by atoms with van der Waals surface area (Å²) in [5, 5.41) is 12.3. The Morgan fingerprint density at radius 2 is 1.95 bits per heavy atom. The maximum absolute atomic E-state index is 11.3. The topological polar surface area (TPSA) is 53.4 Å². The first-order valence-electron chi connectivity index (χ1n) is 7.08. The van der Waals surface area contributed by atoms with Gasteiger partial charge in [0.1, 0.15) is 5.82 Å². The Morgan fingerprint density at radius 3 is 2.62 bits per heavy atom. The van der Waals surface area contributed by atoms with Gasteiger partial charge in [0.25, 0.3) is 0 Å². The molecule has 2 heterocycles. The van der Waals surface area contributed by atoms with Gasteiger partial charge in [0.05, 0.1) is 0 Å². The quantitative estimate of drug-likeness (QED) is 0.922. The van der Waals surface area contributed by atoms with Crippen molar-refractivity contribution in [3.63, 3.8) is 0 Å². The summed E-state index contributed by atoms with van der Waals surface area (Å²) in [6.45, 7) is 6.21. The molecule has 4 nitrogen and oxygen atoms in total. The normalized spacial score (nSPS) is 22.5. The molecule has 1 aromatic heterocycles. The van der Waals surface area contributed by atoms with E-state index in [4.69, 9.17) is 0 Å². The molecule has 1 fully saturated rings. The lowest BCUT2D eigenvalue weighted by Gasteiger charge is -2.36. The van der Waals surface area contributed by atoms with E-state index in [1.54, 1.807) is 6.07 Å². The third-order valence-corrected chi connectivity index (χ3v) is 4.89. The van der Waals surface area contributed by atoms with Gasteiger partial charge in [-0.25, -0.2) is 9.78 Å². The maximum Gasteiger partial charge on any atom is 0.354 e. The Bertz CT molecular complexity index is 679. The predicted molar refractivity (Wildman–Crippen MR) is 87.4 cm³/mol. The SMILES string of the molecule is CC1CN(c2nc(C(=O)O)cc3ccccc23)CC(C)S1. The molecule has 1 aromatic carbocycles. The number of benzene rings is 1. The molecule has 0 saturated carbocycles. The average Bonchev–Trinajstić information content (AvgIpc) is 2.45. The third-order valence-electron chi connectivity index (χ3n) is 3.66. The molecule has 0 bridgehead atoms. The summed E-state index contributed by atoms with van der Waals surface area (Å²) in [5.74, 6) is -0.181. The van der Waals surface area contributed by atoms with Crippen molar-refractivity contribution >= 4 is 34.3 Å². The van der Waals surface area contributed by atoms with Crippen LogP contribution < -0.4 is 4.90 Å². The summed E-state index contributed by atoms with van der Waals surface area (Å²) < 4.78 is 0. The molecule has 110 valence electrons. The van der Waals surface area contributed by atoms with E-state index in [0.29, 0.717) is 10.5 Å². The zero-order valence-corrected chi connectivity index (χ0v) is 12.9. The molecule has 1 aliphatic heterocycles. The minimum absolute atomic E-state index is 0.113. The molecule has 0 spiro atoms. The van der Waals surface area contributed by atoms with Gasteiger partial charge in [-0.3, -0.25) is 0 Å². The molecule has 0 radical (unpaired) electrons. The molecule has 21 heavy (non-hydrogen) atoms. The van der Waals surface area contributed by atoms with Crippen molar-refractivity contribution in [3.05, 3.63) is 36.0 Å². The lowest BCUT2D eigenvalue weighted by Crippen LogP contribution is -2.41. The summed E-state index contributed by atoms with van der Waals surface area (Å²) in [6.07, 6.45) is 0. The molecule has 3 rings (SSSR count). The van der Waals surface area contributed by atoms with Crippen LogP contribution in [-0.2, 0) is 0 Å². The number of hydrogen-bond acceptors (Lipinski definition) is 4. The Labute approximate surface area is 128 Å². The van der Waals surface area contributed by atoms with E-state index < -0.39 is 5.97 Å². The highest BCUT2D eigenvalue weighted by Crippen LogP contribution is 2.32. The largest absolute Gasteiger partial charge is 0.477 e. The molecule has 0 amide bonds. The lowest BCUT2D eigenvalue weighted by molar-refractivity contribution is 0.0691. The van der Waals surface area contributed by atoms with Gasteiger partial charge in [-0.2, -0.15) is 11.8 Å². The second-order valence-corrected chi connectivity index (χ2v) is 7.40. The van der Waals surface area contributed by atoms with E-state index in [2.05, 4.69) is 23.7 Å². The second-order valence-electron chi connectivity index (χ2n) is 5.52. The highest BCUT2D eigenvalue weighted by atomic mass is 32.2. The molecule has 2 unspecified atom stereocenters. The van der Waals surface area contributed by atoms with Crippen molar-refractivity contribution in [1.82, 2.24) is 4.98 Å². The van der Waals surface area contributed by atoms with E-state index in [-0.39, 0.29) is 5.69 Å². The number of aromatic nitrogens is 1. The van der Waals surface area contributed by atoms with Crippen molar-refractivity contribution < 1.29 is 9.90 Å². The molecular weight excluding hydrogens is 284 g/mol. The number of hydrogen-bond donors (Lipinski definition) is 1. The summed E-state index contributed by atoms with van der Waals surface area (Å²) in [4.78, 5) is 18.0. The summed E-state index contributed by atoms with van der Waals surface area (Å²) in [6, 6.07) is 9.50. The number of thioether (sulfide) groups is 1. The molecule has 0 aliphatic carbocycles. The van der Waals surface area contributed by atoms with Crippen molar-refractivity contribution in [2.24, 2.45) is 0 Å². The Morgan fingerprint density at radius 1 is 1.29 bits per heavy atom. The maximum atomic E-state index is 11.3. The minimum atomic E-state index is -0.977. The Kier molecular flexibility index (Phi) is 3.76. The summed E-state index contributed by atoms with van der Waals surface area (Å²) >= 11 is 1.97. The average molecular weight is 302 g/mol. The monoisotopic (exact) mass is 302 g/mol. The molecule has 1 N–H and O–H groups in total. The number of fused-ring (bicyclic) bond motifs is 1. The second kappa shape index (κ2) is 5.56. The molecule has 5 heteroatoms. The van der Waals surface area contributed by atoms with Gasteiger partial charge in [-0.05, 0) is 11.5 Å². The van der Waals surface area contributed by atoms with Crippen LogP contribution >= 0.6 is 11.8 Å². The van der Waals surface area contributed by atoms with Crippen LogP contribution in [0.25, 0.3) is 10.8 Å². The van der Waals surface area contributed by atoms with E-state index in [0.717, 1.165) is 29.7 Å². The standard InChI is InChI=1S/C16H18N2O2S/c1-10-8-18(9-11(2)21-10)15-13-6-4-3-5-12(13)7-14(17-15)16(19)20/h3-7,10-11H,8-9H2,1-2H3,(H,19,20). The number of anilines is 1. The first-order chi connectivity index (χ1) is 10.0. The fraction of sp³-hybridized carbons (Fsp3) is 0.375. The molecule has 1 saturated heterocycles. The van der Waals surface area contributed by atoms with Crippen LogP contribution in [0.5, 0.6) is 0 Å². The molecule has 2 aromatic rings. The van der Waals surface area contributed by atoms with Crippen molar-refractivity contribution in [1.29, 1.82) is 0 Å². The Hall–Kier alpha value is -1.75. The molecular formula is C16H18N2O2S. The van der Waals surface area contributed by atoms with E-state index in [1.165, 1.54) is 0 Å². The van der Waals surface area contributed by atoms with Crippen molar-refractivity contribution in [2.45, 2.75) is 24.3 Å².